The van der Waals surface area contributed by atoms with Crippen molar-refractivity contribution >= 4 is 41.4 Å². The Hall–Kier alpha value is -4.18. The van der Waals surface area contributed by atoms with Gasteiger partial charge in [0.15, 0.2) is 11.0 Å². The highest BCUT2D eigenvalue weighted by Gasteiger charge is 2.44. The molecule has 1 saturated carbocycles. The first kappa shape index (κ1) is 27.4. The van der Waals surface area contributed by atoms with E-state index in [1.54, 1.807) is 12.1 Å². The van der Waals surface area contributed by atoms with Crippen LogP contribution in [0.5, 0.6) is 0 Å². The molecule has 5 rings (SSSR count). The van der Waals surface area contributed by atoms with Gasteiger partial charge in [-0.05, 0) is 42.5 Å². The Bertz CT molecular complexity index is 1480. The molecule has 10 nitrogen and oxygen atoms in total. The minimum Gasteiger partial charge on any atom is -0.444 e. The van der Waals surface area contributed by atoms with Gasteiger partial charge in [0, 0.05) is 18.0 Å². The molecule has 208 valence electrons. The predicted octanol–water partition coefficient (Wildman–Crippen LogP) is 4.60. The summed E-state index contributed by atoms with van der Waals surface area (Å²) in [7, 11) is 0. The number of anilines is 1. The molecule has 2 heterocycles. The zero-order chi connectivity index (χ0) is 28.3. The van der Waals surface area contributed by atoms with Crippen molar-refractivity contribution < 1.29 is 14.3 Å². The van der Waals surface area contributed by atoms with E-state index in [0.29, 0.717) is 17.8 Å². The van der Waals surface area contributed by atoms with E-state index in [4.69, 9.17) is 16.3 Å². The topological polar surface area (TPSA) is 127 Å². The summed E-state index contributed by atoms with van der Waals surface area (Å²) in [6.07, 6.45) is 3.08. The summed E-state index contributed by atoms with van der Waals surface area (Å²) in [5, 5.41) is 8.81. The molecule has 2 aromatic carbocycles. The highest BCUT2D eigenvalue weighted by molar-refractivity contribution is 6.30. The summed E-state index contributed by atoms with van der Waals surface area (Å²) in [5.74, 6) is -0.0595. The average molecular weight is 563 g/mol. The van der Waals surface area contributed by atoms with Crippen LogP contribution in [0.4, 0.5) is 16.3 Å². The molecule has 1 aliphatic heterocycles. The Kier molecular flexibility index (Phi) is 7.88. The van der Waals surface area contributed by atoms with Gasteiger partial charge in [0.1, 0.15) is 12.6 Å². The van der Waals surface area contributed by atoms with E-state index in [2.05, 4.69) is 25.9 Å². The Morgan fingerprint density at radius 3 is 2.55 bits per heavy atom. The lowest BCUT2D eigenvalue weighted by molar-refractivity contribution is -0.124. The molecule has 1 aliphatic carbocycles. The smallest absolute Gasteiger partial charge is 0.412 e. The maximum absolute atomic E-state index is 13.3. The summed E-state index contributed by atoms with van der Waals surface area (Å²) in [4.78, 5) is 46.9. The third kappa shape index (κ3) is 6.34. The van der Waals surface area contributed by atoms with Gasteiger partial charge < -0.3 is 15.4 Å². The SMILES string of the molecule is CC1(C)C[C@@H](C(=O)NCc2ccc(N=CNC(=O)OCc3ccccc3)cc2)n2c1c(Cl)nc(NC1CC1)c2=O. The van der Waals surface area contributed by atoms with E-state index in [1.807, 2.05) is 56.3 Å². The maximum Gasteiger partial charge on any atom is 0.412 e. The molecule has 1 fully saturated rings. The predicted molar refractivity (Wildman–Crippen MR) is 153 cm³/mol. The van der Waals surface area contributed by atoms with Gasteiger partial charge in [0.25, 0.3) is 5.56 Å². The fraction of sp³-hybridized carbons (Fsp3) is 0.345. The number of nitrogens with zero attached hydrogens (tertiary/aromatic N) is 3. The standard InChI is InChI=1S/C29H31ClN6O4/c1-29(2)14-22(36-23(29)24(30)35-25(27(36)38)34-21-12-13-21)26(37)31-15-18-8-10-20(11-9-18)32-17-33-28(39)40-16-19-6-4-3-5-7-19/h3-11,17,21-22H,12-16H2,1-2H3,(H,31,37)(H,34,35)(H,32,33,39)/t22-/m0/s1. The molecular weight excluding hydrogens is 532 g/mol. The summed E-state index contributed by atoms with van der Waals surface area (Å²) < 4.78 is 6.64. The number of alkyl carbamates (subject to hydrolysis) is 1. The van der Waals surface area contributed by atoms with Crippen molar-refractivity contribution in [3.8, 4) is 0 Å². The van der Waals surface area contributed by atoms with E-state index in [1.165, 1.54) is 10.9 Å². The van der Waals surface area contributed by atoms with Crippen LogP contribution in [0.1, 0.15) is 56.0 Å². The number of hydrogen-bond donors (Lipinski definition) is 3. The van der Waals surface area contributed by atoms with E-state index in [0.717, 1.165) is 24.0 Å². The Labute approximate surface area is 236 Å². The van der Waals surface area contributed by atoms with Crippen molar-refractivity contribution in [1.82, 2.24) is 20.2 Å². The molecule has 0 bridgehead atoms. The molecule has 2 aliphatic rings. The van der Waals surface area contributed by atoms with Crippen LogP contribution in [0, 0.1) is 0 Å². The highest BCUT2D eigenvalue weighted by Crippen LogP contribution is 2.43. The minimum absolute atomic E-state index is 0.169. The molecule has 0 radical (unpaired) electrons. The van der Waals surface area contributed by atoms with Gasteiger partial charge in [-0.3, -0.25) is 19.5 Å². The zero-order valence-corrected chi connectivity index (χ0v) is 23.1. The zero-order valence-electron chi connectivity index (χ0n) is 22.3. The number of nitrogens with one attached hydrogen (secondary N) is 3. The van der Waals surface area contributed by atoms with Gasteiger partial charge in [0.05, 0.1) is 17.7 Å². The lowest BCUT2D eigenvalue weighted by Gasteiger charge is -2.19. The third-order valence-electron chi connectivity index (χ3n) is 6.96. The van der Waals surface area contributed by atoms with Crippen molar-refractivity contribution in [3.63, 3.8) is 0 Å². The second kappa shape index (κ2) is 11.5. The van der Waals surface area contributed by atoms with Crippen molar-refractivity contribution in [2.45, 2.75) is 63.8 Å². The maximum atomic E-state index is 13.3. The number of rotatable bonds is 9. The first-order chi connectivity index (χ1) is 19.2. The monoisotopic (exact) mass is 562 g/mol. The van der Waals surface area contributed by atoms with Crippen LogP contribution in [0.25, 0.3) is 0 Å². The quantitative estimate of drug-likeness (QED) is 0.258. The van der Waals surface area contributed by atoms with Gasteiger partial charge in [-0.25, -0.2) is 14.8 Å². The van der Waals surface area contributed by atoms with Crippen LogP contribution in [0.2, 0.25) is 5.15 Å². The van der Waals surface area contributed by atoms with Crippen LogP contribution < -0.4 is 21.5 Å². The first-order valence-corrected chi connectivity index (χ1v) is 13.5. The fourth-order valence-electron chi connectivity index (χ4n) is 4.74. The molecule has 11 heteroatoms. The Morgan fingerprint density at radius 1 is 1.12 bits per heavy atom. The van der Waals surface area contributed by atoms with E-state index < -0.39 is 17.6 Å². The van der Waals surface area contributed by atoms with E-state index >= 15 is 0 Å². The van der Waals surface area contributed by atoms with Crippen molar-refractivity contribution in [2.24, 2.45) is 4.99 Å². The number of halogens is 1. The molecule has 3 aromatic rings. The number of carbonyl (C=O) groups is 2. The molecule has 0 spiro atoms. The highest BCUT2D eigenvalue weighted by atomic mass is 35.5. The number of aromatic nitrogens is 2. The summed E-state index contributed by atoms with van der Waals surface area (Å²) >= 11 is 6.50. The molecule has 0 saturated heterocycles. The number of amides is 2. The molecule has 40 heavy (non-hydrogen) atoms. The second-order valence-electron chi connectivity index (χ2n) is 10.6. The van der Waals surface area contributed by atoms with Gasteiger partial charge >= 0.3 is 6.09 Å². The van der Waals surface area contributed by atoms with Crippen molar-refractivity contribution in [3.05, 3.63) is 86.9 Å². The molecule has 2 amide bonds. The lowest BCUT2D eigenvalue weighted by atomic mass is 9.87. The van der Waals surface area contributed by atoms with E-state index in [9.17, 15) is 14.4 Å². The van der Waals surface area contributed by atoms with Crippen molar-refractivity contribution in [1.29, 1.82) is 0 Å². The molecule has 0 unspecified atom stereocenters. The molecular formula is C29H31ClN6O4. The Morgan fingerprint density at radius 2 is 1.85 bits per heavy atom. The summed E-state index contributed by atoms with van der Waals surface area (Å²) in [5.41, 5.74) is 2.15. The Balaban J connectivity index is 1.16. The number of hydrogen-bond acceptors (Lipinski definition) is 7. The van der Waals surface area contributed by atoms with Crippen LogP contribution in [0.3, 0.4) is 0 Å². The normalized spacial score (nSPS) is 17.3. The largest absolute Gasteiger partial charge is 0.444 e. The van der Waals surface area contributed by atoms with Crippen LogP contribution in [-0.4, -0.2) is 33.9 Å². The third-order valence-corrected chi connectivity index (χ3v) is 7.22. The van der Waals surface area contributed by atoms with Crippen molar-refractivity contribution in [2.75, 3.05) is 5.32 Å². The summed E-state index contributed by atoms with van der Waals surface area (Å²) in [6, 6.07) is 16.1. The van der Waals surface area contributed by atoms with Gasteiger partial charge in [-0.15, -0.1) is 0 Å². The molecule has 1 atom stereocenters. The fourth-order valence-corrected chi connectivity index (χ4v) is 5.18. The summed E-state index contributed by atoms with van der Waals surface area (Å²) in [6.45, 7) is 4.37. The van der Waals surface area contributed by atoms with Crippen LogP contribution in [-0.2, 0) is 28.1 Å². The first-order valence-electron chi connectivity index (χ1n) is 13.2. The van der Waals surface area contributed by atoms with Gasteiger partial charge in [0.2, 0.25) is 5.91 Å². The number of carbonyl (C=O) groups excluding carboxylic acids is 2. The number of fused-ring (bicyclic) bond motifs is 1. The van der Waals surface area contributed by atoms with Crippen LogP contribution >= 0.6 is 11.6 Å². The number of aliphatic imine (C=N–C) groups is 1. The molecule has 3 N–H and O–H groups in total. The van der Waals surface area contributed by atoms with Gasteiger partial charge in [-0.2, -0.15) is 0 Å². The second-order valence-corrected chi connectivity index (χ2v) is 11.0. The van der Waals surface area contributed by atoms with Gasteiger partial charge in [-0.1, -0.05) is 67.9 Å². The lowest BCUT2D eigenvalue weighted by Crippen LogP contribution is -2.36. The number of ether oxygens (including phenoxy) is 1. The minimum atomic E-state index is -0.686. The average Bonchev–Trinajstić information content (AvgIpc) is 3.71. The number of benzene rings is 2. The van der Waals surface area contributed by atoms with E-state index in [-0.39, 0.29) is 41.6 Å². The van der Waals surface area contributed by atoms with Crippen LogP contribution in [0.15, 0.2) is 64.4 Å². The molecule has 1 aromatic heterocycles.